The molecule has 2 heterocycles. The van der Waals surface area contributed by atoms with Gasteiger partial charge in [0.05, 0.1) is 5.69 Å². The standard InChI is InChI=1S/C21H27FN4O/c1-4-16-6-5-13-23-19(16)21(22)11-14-26(15-12-21)20(27)24-17-7-9-18(10-8-17)25(2)3/h5-10,13H,4,11-12,14-15H2,1-3H3,(H,24,27). The molecule has 27 heavy (non-hydrogen) atoms. The fourth-order valence-corrected chi connectivity index (χ4v) is 3.47. The molecule has 144 valence electrons. The molecule has 0 radical (unpaired) electrons. The van der Waals surface area contributed by atoms with Crippen molar-refractivity contribution in [2.24, 2.45) is 0 Å². The number of rotatable bonds is 4. The summed E-state index contributed by atoms with van der Waals surface area (Å²) in [4.78, 5) is 20.5. The average Bonchev–Trinajstić information content (AvgIpc) is 2.69. The van der Waals surface area contributed by atoms with Crippen molar-refractivity contribution in [1.82, 2.24) is 9.88 Å². The highest BCUT2D eigenvalue weighted by molar-refractivity contribution is 5.89. The van der Waals surface area contributed by atoms with Crippen molar-refractivity contribution < 1.29 is 9.18 Å². The number of benzene rings is 1. The van der Waals surface area contributed by atoms with Crippen LogP contribution in [0.1, 0.15) is 31.0 Å². The molecule has 2 amide bonds. The summed E-state index contributed by atoms with van der Waals surface area (Å²) in [5, 5.41) is 2.90. The van der Waals surface area contributed by atoms with Gasteiger partial charge in [0.1, 0.15) is 0 Å². The predicted molar refractivity (Wildman–Crippen MR) is 107 cm³/mol. The molecule has 1 aromatic heterocycles. The zero-order chi connectivity index (χ0) is 19.4. The van der Waals surface area contributed by atoms with E-state index < -0.39 is 5.67 Å². The number of pyridine rings is 1. The zero-order valence-electron chi connectivity index (χ0n) is 16.2. The highest BCUT2D eigenvalue weighted by atomic mass is 19.1. The number of nitrogens with one attached hydrogen (secondary N) is 1. The Kier molecular flexibility index (Phi) is 5.63. The van der Waals surface area contributed by atoms with Crippen LogP contribution in [0.5, 0.6) is 0 Å². The topological polar surface area (TPSA) is 48.5 Å². The van der Waals surface area contributed by atoms with Gasteiger partial charge in [0.15, 0.2) is 5.67 Å². The third-order valence-electron chi connectivity index (χ3n) is 5.17. The Balaban J connectivity index is 1.62. The molecule has 1 saturated heterocycles. The number of hydrogen-bond acceptors (Lipinski definition) is 3. The summed E-state index contributed by atoms with van der Waals surface area (Å²) in [6, 6.07) is 11.2. The number of carbonyl (C=O) groups excluding carboxylic acids is 1. The van der Waals surface area contributed by atoms with Crippen LogP contribution >= 0.6 is 0 Å². The molecule has 0 unspecified atom stereocenters. The van der Waals surface area contributed by atoms with Crippen LogP contribution in [-0.2, 0) is 12.1 Å². The fraction of sp³-hybridized carbons (Fsp3) is 0.429. The van der Waals surface area contributed by atoms with E-state index in [0.717, 1.165) is 23.4 Å². The maximum Gasteiger partial charge on any atom is 0.321 e. The van der Waals surface area contributed by atoms with E-state index in [1.165, 1.54) is 0 Å². The second-order valence-corrected chi connectivity index (χ2v) is 7.19. The minimum absolute atomic E-state index is 0.189. The Morgan fingerprint density at radius 2 is 1.89 bits per heavy atom. The van der Waals surface area contributed by atoms with Crippen molar-refractivity contribution >= 4 is 17.4 Å². The lowest BCUT2D eigenvalue weighted by Crippen LogP contribution is -2.45. The van der Waals surface area contributed by atoms with Crippen LogP contribution in [0.2, 0.25) is 0 Å². The third-order valence-corrected chi connectivity index (χ3v) is 5.17. The quantitative estimate of drug-likeness (QED) is 0.877. The smallest absolute Gasteiger partial charge is 0.321 e. The van der Waals surface area contributed by atoms with Gasteiger partial charge in [0, 0.05) is 57.6 Å². The average molecular weight is 370 g/mol. The minimum atomic E-state index is -1.46. The molecule has 2 aromatic rings. The Hall–Kier alpha value is -2.63. The molecular weight excluding hydrogens is 343 g/mol. The molecule has 0 atom stereocenters. The molecule has 1 aromatic carbocycles. The predicted octanol–water partition coefficient (Wildman–Crippen LogP) is 4.20. The molecule has 6 heteroatoms. The first-order chi connectivity index (χ1) is 12.9. The maximum absolute atomic E-state index is 15.5. The summed E-state index contributed by atoms with van der Waals surface area (Å²) in [6.45, 7) is 2.75. The summed E-state index contributed by atoms with van der Waals surface area (Å²) in [5.74, 6) is 0. The summed E-state index contributed by atoms with van der Waals surface area (Å²) in [6.07, 6.45) is 2.93. The lowest BCUT2D eigenvalue weighted by atomic mass is 9.86. The molecule has 3 rings (SSSR count). The summed E-state index contributed by atoms with van der Waals surface area (Å²) in [5.41, 5.74) is 1.82. The van der Waals surface area contributed by atoms with E-state index in [1.807, 2.05) is 62.3 Å². The molecule has 1 aliphatic rings. The molecule has 0 saturated carbocycles. The van der Waals surface area contributed by atoms with Gasteiger partial charge in [-0.3, -0.25) is 4.98 Å². The monoisotopic (exact) mass is 370 g/mol. The number of hydrogen-bond donors (Lipinski definition) is 1. The number of carbonyl (C=O) groups is 1. The highest BCUT2D eigenvalue weighted by Gasteiger charge is 2.40. The first kappa shape index (κ1) is 19.1. The molecule has 1 N–H and O–H groups in total. The molecule has 0 aliphatic carbocycles. The number of anilines is 2. The van der Waals surface area contributed by atoms with E-state index >= 15 is 4.39 Å². The summed E-state index contributed by atoms with van der Waals surface area (Å²) >= 11 is 0. The highest BCUT2D eigenvalue weighted by Crippen LogP contribution is 2.37. The van der Waals surface area contributed by atoms with Gasteiger partial charge in [-0.25, -0.2) is 9.18 Å². The van der Waals surface area contributed by atoms with Crippen LogP contribution in [0.3, 0.4) is 0 Å². The van der Waals surface area contributed by atoms with Crippen LogP contribution in [0.15, 0.2) is 42.6 Å². The normalized spacial score (nSPS) is 16.1. The van der Waals surface area contributed by atoms with Crippen molar-refractivity contribution in [2.45, 2.75) is 31.9 Å². The van der Waals surface area contributed by atoms with Crippen LogP contribution in [0.25, 0.3) is 0 Å². The number of aromatic nitrogens is 1. The number of halogens is 1. The molecule has 1 aliphatic heterocycles. The Morgan fingerprint density at radius 1 is 1.22 bits per heavy atom. The Labute approximate surface area is 160 Å². The van der Waals surface area contributed by atoms with Gasteiger partial charge >= 0.3 is 6.03 Å². The van der Waals surface area contributed by atoms with Gasteiger partial charge in [0.25, 0.3) is 0 Å². The number of likely N-dealkylation sites (tertiary alicyclic amines) is 1. The van der Waals surface area contributed by atoms with Gasteiger partial charge in [-0.1, -0.05) is 13.0 Å². The van der Waals surface area contributed by atoms with Gasteiger partial charge in [-0.15, -0.1) is 0 Å². The van der Waals surface area contributed by atoms with Crippen molar-refractivity contribution in [3.63, 3.8) is 0 Å². The van der Waals surface area contributed by atoms with E-state index in [2.05, 4.69) is 10.3 Å². The molecule has 1 fully saturated rings. The van der Waals surface area contributed by atoms with Crippen molar-refractivity contribution in [3.05, 3.63) is 53.9 Å². The second-order valence-electron chi connectivity index (χ2n) is 7.19. The van der Waals surface area contributed by atoms with Crippen LogP contribution in [-0.4, -0.2) is 43.1 Å². The number of nitrogens with zero attached hydrogens (tertiary/aromatic N) is 3. The molecular formula is C21H27FN4O. The number of amides is 2. The number of piperidine rings is 1. The third kappa shape index (κ3) is 4.21. The maximum atomic E-state index is 15.5. The van der Waals surface area contributed by atoms with Crippen molar-refractivity contribution in [3.8, 4) is 0 Å². The molecule has 0 spiro atoms. The first-order valence-electron chi connectivity index (χ1n) is 9.39. The van der Waals surface area contributed by atoms with Crippen LogP contribution in [0.4, 0.5) is 20.6 Å². The van der Waals surface area contributed by atoms with E-state index in [4.69, 9.17) is 0 Å². The van der Waals surface area contributed by atoms with E-state index in [-0.39, 0.29) is 18.9 Å². The van der Waals surface area contributed by atoms with Crippen molar-refractivity contribution in [2.75, 3.05) is 37.4 Å². The number of aryl methyl sites for hydroxylation is 1. The van der Waals surface area contributed by atoms with E-state index in [1.54, 1.807) is 11.1 Å². The second kappa shape index (κ2) is 7.94. The summed E-state index contributed by atoms with van der Waals surface area (Å²) in [7, 11) is 3.94. The zero-order valence-corrected chi connectivity index (χ0v) is 16.2. The molecule has 5 nitrogen and oxygen atoms in total. The lowest BCUT2D eigenvalue weighted by Gasteiger charge is -2.36. The Bertz CT molecular complexity index is 783. The summed E-state index contributed by atoms with van der Waals surface area (Å²) < 4.78 is 15.5. The lowest BCUT2D eigenvalue weighted by molar-refractivity contribution is 0.0675. The first-order valence-corrected chi connectivity index (χ1v) is 9.39. The van der Waals surface area contributed by atoms with Crippen LogP contribution in [0, 0.1) is 0 Å². The van der Waals surface area contributed by atoms with Gasteiger partial charge in [-0.2, -0.15) is 0 Å². The minimum Gasteiger partial charge on any atom is -0.378 e. The fourth-order valence-electron chi connectivity index (χ4n) is 3.47. The van der Waals surface area contributed by atoms with Crippen molar-refractivity contribution in [1.29, 1.82) is 0 Å². The SMILES string of the molecule is CCc1cccnc1C1(F)CCN(C(=O)Nc2ccc(N(C)C)cc2)CC1. The van der Waals surface area contributed by atoms with Gasteiger partial charge in [0.2, 0.25) is 0 Å². The molecule has 0 bridgehead atoms. The van der Waals surface area contributed by atoms with Gasteiger partial charge in [-0.05, 0) is 42.3 Å². The van der Waals surface area contributed by atoms with Crippen LogP contribution < -0.4 is 10.2 Å². The van der Waals surface area contributed by atoms with E-state index in [0.29, 0.717) is 18.8 Å². The van der Waals surface area contributed by atoms with E-state index in [9.17, 15) is 4.79 Å². The largest absolute Gasteiger partial charge is 0.378 e. The number of alkyl halides is 1. The Morgan fingerprint density at radius 3 is 2.48 bits per heavy atom. The number of urea groups is 1. The van der Waals surface area contributed by atoms with Gasteiger partial charge < -0.3 is 15.1 Å².